The molecule has 0 spiro atoms. The Hall–Kier alpha value is -2.04. The van der Waals surface area contributed by atoms with E-state index in [0.717, 1.165) is 17.9 Å². The summed E-state index contributed by atoms with van der Waals surface area (Å²) in [5.41, 5.74) is 2.13. The lowest BCUT2D eigenvalue weighted by Gasteiger charge is -2.16. The number of aromatic nitrogens is 3. The number of rotatable bonds is 5. The van der Waals surface area contributed by atoms with Gasteiger partial charge in [-0.25, -0.2) is 4.98 Å². The van der Waals surface area contributed by atoms with Crippen molar-refractivity contribution in [3.63, 3.8) is 0 Å². The summed E-state index contributed by atoms with van der Waals surface area (Å²) >= 11 is 0. The first-order chi connectivity index (χ1) is 8.74. The van der Waals surface area contributed by atoms with Gasteiger partial charge >= 0.3 is 0 Å². The lowest BCUT2D eigenvalue weighted by atomic mass is 10.2. The predicted octanol–water partition coefficient (Wildman–Crippen LogP) is 2.48. The molecular formula is C13H18N4O. The van der Waals surface area contributed by atoms with Gasteiger partial charge in [0.15, 0.2) is 0 Å². The Morgan fingerprint density at radius 2 is 2.22 bits per heavy atom. The van der Waals surface area contributed by atoms with Gasteiger partial charge < -0.3 is 10.1 Å². The Balaban J connectivity index is 2.08. The summed E-state index contributed by atoms with van der Waals surface area (Å²) in [6.45, 7) is 5.06. The molecule has 0 aromatic carbocycles. The lowest BCUT2D eigenvalue weighted by molar-refractivity contribution is 0.398. The second-order valence-corrected chi connectivity index (χ2v) is 4.03. The number of methoxy groups -OCH3 is 1. The van der Waals surface area contributed by atoms with Crippen molar-refractivity contribution in [2.24, 2.45) is 0 Å². The van der Waals surface area contributed by atoms with Crippen LogP contribution in [0.5, 0.6) is 5.88 Å². The summed E-state index contributed by atoms with van der Waals surface area (Å²) in [7, 11) is 1.61. The molecule has 96 valence electrons. The van der Waals surface area contributed by atoms with Gasteiger partial charge in [0.25, 0.3) is 0 Å². The minimum Gasteiger partial charge on any atom is -0.481 e. The number of hydrogen-bond acceptors (Lipinski definition) is 4. The molecule has 0 aliphatic rings. The second-order valence-electron chi connectivity index (χ2n) is 4.03. The first-order valence-electron chi connectivity index (χ1n) is 6.03. The largest absolute Gasteiger partial charge is 0.481 e. The Morgan fingerprint density at radius 1 is 1.39 bits per heavy atom. The van der Waals surface area contributed by atoms with Crippen molar-refractivity contribution < 1.29 is 4.74 Å². The first-order valence-corrected chi connectivity index (χ1v) is 6.03. The fourth-order valence-electron chi connectivity index (χ4n) is 1.89. The van der Waals surface area contributed by atoms with Crippen LogP contribution in [0, 0.1) is 0 Å². The van der Waals surface area contributed by atoms with Gasteiger partial charge in [-0.2, -0.15) is 5.10 Å². The minimum atomic E-state index is 0.183. The van der Waals surface area contributed by atoms with E-state index in [9.17, 15) is 0 Å². The highest BCUT2D eigenvalue weighted by atomic mass is 16.5. The number of aryl methyl sites for hydroxylation is 1. The van der Waals surface area contributed by atoms with Gasteiger partial charge in [-0.3, -0.25) is 4.68 Å². The van der Waals surface area contributed by atoms with E-state index >= 15 is 0 Å². The molecule has 1 atom stereocenters. The molecule has 2 aromatic heterocycles. The molecule has 0 saturated carbocycles. The molecule has 0 bridgehead atoms. The van der Waals surface area contributed by atoms with Crippen LogP contribution in [0.25, 0.3) is 0 Å². The highest BCUT2D eigenvalue weighted by Crippen LogP contribution is 2.19. The fraction of sp³-hybridized carbons (Fsp3) is 0.385. The second kappa shape index (κ2) is 5.53. The third-order valence-corrected chi connectivity index (χ3v) is 2.82. The highest BCUT2D eigenvalue weighted by molar-refractivity contribution is 5.43. The van der Waals surface area contributed by atoms with Crippen LogP contribution < -0.4 is 10.1 Å². The molecule has 18 heavy (non-hydrogen) atoms. The maximum atomic E-state index is 5.03. The average molecular weight is 246 g/mol. The van der Waals surface area contributed by atoms with E-state index in [-0.39, 0.29) is 6.04 Å². The smallest absolute Gasteiger partial charge is 0.213 e. The fourth-order valence-corrected chi connectivity index (χ4v) is 1.89. The van der Waals surface area contributed by atoms with Crippen molar-refractivity contribution in [2.75, 3.05) is 12.4 Å². The van der Waals surface area contributed by atoms with E-state index in [1.54, 1.807) is 13.3 Å². The average Bonchev–Trinajstić information content (AvgIpc) is 2.88. The molecule has 2 heterocycles. The van der Waals surface area contributed by atoms with E-state index in [1.807, 2.05) is 29.1 Å². The molecule has 0 aliphatic heterocycles. The van der Waals surface area contributed by atoms with Crippen LogP contribution in [0.3, 0.4) is 0 Å². The van der Waals surface area contributed by atoms with Crippen LogP contribution in [0.1, 0.15) is 25.6 Å². The molecule has 0 fully saturated rings. The van der Waals surface area contributed by atoms with Gasteiger partial charge in [-0.1, -0.05) is 0 Å². The van der Waals surface area contributed by atoms with Gasteiger partial charge in [0.1, 0.15) is 0 Å². The topological polar surface area (TPSA) is 52.0 Å². The van der Waals surface area contributed by atoms with Crippen LogP contribution in [0.15, 0.2) is 30.6 Å². The zero-order chi connectivity index (χ0) is 13.0. The van der Waals surface area contributed by atoms with Gasteiger partial charge in [0.05, 0.1) is 30.7 Å². The van der Waals surface area contributed by atoms with Crippen molar-refractivity contribution in [1.29, 1.82) is 0 Å². The zero-order valence-corrected chi connectivity index (χ0v) is 10.9. The van der Waals surface area contributed by atoms with Crippen LogP contribution in [0.2, 0.25) is 0 Å². The molecule has 0 saturated heterocycles. The van der Waals surface area contributed by atoms with Gasteiger partial charge in [-0.05, 0) is 26.0 Å². The molecule has 0 aliphatic carbocycles. The SMILES string of the molecule is CCn1nccc1C(C)Nc1ccc(OC)nc1. The number of hydrogen-bond donors (Lipinski definition) is 1. The maximum Gasteiger partial charge on any atom is 0.213 e. The van der Waals surface area contributed by atoms with E-state index in [1.165, 1.54) is 0 Å². The minimum absolute atomic E-state index is 0.183. The molecule has 0 radical (unpaired) electrons. The van der Waals surface area contributed by atoms with Gasteiger partial charge in [0.2, 0.25) is 5.88 Å². The first kappa shape index (κ1) is 12.4. The Morgan fingerprint density at radius 3 is 2.83 bits per heavy atom. The number of ether oxygens (including phenoxy) is 1. The normalized spacial score (nSPS) is 12.2. The summed E-state index contributed by atoms with van der Waals surface area (Å²) in [4.78, 5) is 4.17. The molecule has 1 unspecified atom stereocenters. The Labute approximate surface area is 107 Å². The monoisotopic (exact) mass is 246 g/mol. The molecule has 2 aromatic rings. The van der Waals surface area contributed by atoms with Crippen molar-refractivity contribution in [2.45, 2.75) is 26.4 Å². The van der Waals surface area contributed by atoms with Gasteiger partial charge in [-0.15, -0.1) is 0 Å². The van der Waals surface area contributed by atoms with E-state index in [0.29, 0.717) is 5.88 Å². The number of pyridine rings is 1. The predicted molar refractivity (Wildman–Crippen MR) is 70.7 cm³/mol. The van der Waals surface area contributed by atoms with Crippen LogP contribution in [-0.2, 0) is 6.54 Å². The molecule has 1 N–H and O–H groups in total. The van der Waals surface area contributed by atoms with Crippen molar-refractivity contribution in [3.05, 3.63) is 36.3 Å². The molecular weight excluding hydrogens is 228 g/mol. The summed E-state index contributed by atoms with van der Waals surface area (Å²) in [6.07, 6.45) is 3.59. The van der Waals surface area contributed by atoms with E-state index in [4.69, 9.17) is 4.74 Å². The Bertz CT molecular complexity index is 492. The van der Waals surface area contributed by atoms with Crippen molar-refractivity contribution >= 4 is 5.69 Å². The van der Waals surface area contributed by atoms with Crippen molar-refractivity contribution in [1.82, 2.24) is 14.8 Å². The van der Waals surface area contributed by atoms with Gasteiger partial charge in [0, 0.05) is 18.8 Å². The van der Waals surface area contributed by atoms with E-state index < -0.39 is 0 Å². The molecule has 5 heteroatoms. The standard InChI is InChI=1S/C13H18N4O/c1-4-17-12(7-8-15-17)10(2)16-11-5-6-13(18-3)14-9-11/h5-10,16H,4H2,1-3H3. The molecule has 5 nitrogen and oxygen atoms in total. The number of nitrogens with zero attached hydrogens (tertiary/aromatic N) is 3. The third-order valence-electron chi connectivity index (χ3n) is 2.82. The third kappa shape index (κ3) is 2.61. The van der Waals surface area contributed by atoms with Crippen LogP contribution in [0.4, 0.5) is 5.69 Å². The summed E-state index contributed by atoms with van der Waals surface area (Å²) in [6, 6.07) is 6.00. The highest BCUT2D eigenvalue weighted by Gasteiger charge is 2.10. The zero-order valence-electron chi connectivity index (χ0n) is 10.9. The van der Waals surface area contributed by atoms with Crippen LogP contribution >= 0.6 is 0 Å². The lowest BCUT2D eigenvalue weighted by Crippen LogP contribution is -2.13. The van der Waals surface area contributed by atoms with E-state index in [2.05, 4.69) is 29.2 Å². The van der Waals surface area contributed by atoms with Crippen molar-refractivity contribution in [3.8, 4) is 5.88 Å². The summed E-state index contributed by atoms with van der Waals surface area (Å²) in [5, 5.41) is 7.66. The summed E-state index contributed by atoms with van der Waals surface area (Å²) < 4.78 is 7.01. The number of nitrogens with one attached hydrogen (secondary N) is 1. The Kier molecular flexibility index (Phi) is 3.82. The molecule has 0 amide bonds. The number of anilines is 1. The molecule has 2 rings (SSSR count). The summed E-state index contributed by atoms with van der Waals surface area (Å²) in [5.74, 6) is 0.617. The van der Waals surface area contributed by atoms with Crippen LogP contribution in [-0.4, -0.2) is 21.9 Å². The quantitative estimate of drug-likeness (QED) is 0.880. The maximum absolute atomic E-state index is 5.03.